The predicted octanol–water partition coefficient (Wildman–Crippen LogP) is 1.68. The largest absolute Gasteiger partial charge is 0.347 e. The van der Waals surface area contributed by atoms with Crippen molar-refractivity contribution in [3.63, 3.8) is 0 Å². The predicted molar refractivity (Wildman–Crippen MR) is 118 cm³/mol. The van der Waals surface area contributed by atoms with Gasteiger partial charge >= 0.3 is 0 Å². The molecule has 1 aliphatic carbocycles. The number of benzene rings is 1. The highest BCUT2D eigenvalue weighted by Gasteiger charge is 2.57. The maximum atomic E-state index is 12.5. The van der Waals surface area contributed by atoms with Crippen molar-refractivity contribution in [2.75, 3.05) is 45.8 Å². The van der Waals surface area contributed by atoms with E-state index in [1.807, 2.05) is 11.0 Å². The van der Waals surface area contributed by atoms with Crippen molar-refractivity contribution >= 4 is 36.6 Å². The smallest absolute Gasteiger partial charge is 0.242 e. The highest BCUT2D eigenvalue weighted by molar-refractivity contribution is 5.88. The molecule has 8 heteroatoms. The minimum atomic E-state index is 0. The number of carbonyl (C=O) groups excluding carboxylic acids is 2. The molecule has 2 N–H and O–H groups in total. The molecule has 2 saturated heterocycles. The van der Waals surface area contributed by atoms with Crippen molar-refractivity contribution in [3.8, 4) is 0 Å². The van der Waals surface area contributed by atoms with Crippen LogP contribution in [0.5, 0.6) is 0 Å². The number of piperazine rings is 1. The minimum Gasteiger partial charge on any atom is -0.347 e. The van der Waals surface area contributed by atoms with E-state index in [1.54, 1.807) is 0 Å². The van der Waals surface area contributed by atoms with Gasteiger partial charge in [0.15, 0.2) is 0 Å². The van der Waals surface area contributed by atoms with Crippen molar-refractivity contribution in [2.24, 2.45) is 11.3 Å². The van der Waals surface area contributed by atoms with E-state index in [0.717, 1.165) is 65.1 Å². The van der Waals surface area contributed by atoms with E-state index < -0.39 is 0 Å². The fourth-order valence-electron chi connectivity index (χ4n) is 4.59. The Bertz CT molecular complexity index is 675. The number of hydrogen-bond acceptors (Lipinski definition) is 4. The summed E-state index contributed by atoms with van der Waals surface area (Å²) in [5, 5.41) is 6.26. The first kappa shape index (κ1) is 23.9. The van der Waals surface area contributed by atoms with Crippen LogP contribution in [0, 0.1) is 11.3 Å². The van der Waals surface area contributed by atoms with Gasteiger partial charge in [-0.1, -0.05) is 30.3 Å². The third-order valence-electron chi connectivity index (χ3n) is 6.49. The normalized spacial score (nSPS) is 22.9. The summed E-state index contributed by atoms with van der Waals surface area (Å²) in [5.41, 5.74) is 1.53. The summed E-state index contributed by atoms with van der Waals surface area (Å²) in [5.74, 6) is 0.241. The Hall–Kier alpha value is -1.34. The lowest BCUT2D eigenvalue weighted by Gasteiger charge is -2.34. The molecule has 0 aromatic heterocycles. The number of halogens is 2. The van der Waals surface area contributed by atoms with Crippen LogP contribution in [0.2, 0.25) is 0 Å². The average Bonchev–Trinajstić information content (AvgIpc) is 3.40. The molecule has 2 heterocycles. The molecule has 162 valence electrons. The second-order valence-electron chi connectivity index (χ2n) is 8.23. The molecule has 6 nitrogen and oxygen atoms in total. The monoisotopic (exact) mass is 442 g/mol. The molecule has 3 fully saturated rings. The molecular weight excluding hydrogens is 411 g/mol. The van der Waals surface area contributed by atoms with Gasteiger partial charge in [0.2, 0.25) is 11.8 Å². The zero-order valence-electron chi connectivity index (χ0n) is 16.8. The number of carbonyl (C=O) groups is 2. The molecule has 0 radical (unpaired) electrons. The summed E-state index contributed by atoms with van der Waals surface area (Å²) < 4.78 is 0. The molecule has 4 rings (SSSR count). The molecule has 2 amide bonds. The van der Waals surface area contributed by atoms with Crippen LogP contribution in [0.25, 0.3) is 0 Å². The van der Waals surface area contributed by atoms with E-state index in [2.05, 4.69) is 39.8 Å². The van der Waals surface area contributed by atoms with Crippen molar-refractivity contribution in [3.05, 3.63) is 35.9 Å². The quantitative estimate of drug-likeness (QED) is 0.727. The van der Waals surface area contributed by atoms with Gasteiger partial charge in [0.1, 0.15) is 0 Å². The van der Waals surface area contributed by atoms with E-state index in [9.17, 15) is 9.59 Å². The van der Waals surface area contributed by atoms with Crippen LogP contribution >= 0.6 is 24.8 Å². The summed E-state index contributed by atoms with van der Waals surface area (Å²) in [4.78, 5) is 29.1. The van der Waals surface area contributed by atoms with Crippen molar-refractivity contribution in [1.29, 1.82) is 0 Å². The van der Waals surface area contributed by atoms with Crippen LogP contribution in [-0.4, -0.2) is 67.4 Å². The van der Waals surface area contributed by atoms with Crippen LogP contribution in [0.15, 0.2) is 30.3 Å². The first-order valence-electron chi connectivity index (χ1n) is 10.2. The van der Waals surface area contributed by atoms with E-state index in [4.69, 9.17) is 0 Å². The van der Waals surface area contributed by atoms with Crippen LogP contribution in [0.3, 0.4) is 0 Å². The third kappa shape index (κ3) is 5.85. The lowest BCUT2D eigenvalue weighted by molar-refractivity contribution is -0.134. The van der Waals surface area contributed by atoms with E-state index in [0.29, 0.717) is 0 Å². The molecule has 29 heavy (non-hydrogen) atoms. The van der Waals surface area contributed by atoms with Crippen LogP contribution in [0.1, 0.15) is 24.8 Å². The van der Waals surface area contributed by atoms with Gasteiger partial charge < -0.3 is 15.5 Å². The van der Waals surface area contributed by atoms with Crippen molar-refractivity contribution in [2.45, 2.75) is 25.8 Å². The van der Waals surface area contributed by atoms with Gasteiger partial charge in [0.25, 0.3) is 0 Å². The molecule has 1 unspecified atom stereocenters. The Labute approximate surface area is 185 Å². The molecule has 1 aromatic rings. The fourth-order valence-corrected chi connectivity index (χ4v) is 4.59. The number of piperidine rings is 1. The van der Waals surface area contributed by atoms with Crippen molar-refractivity contribution in [1.82, 2.24) is 20.4 Å². The zero-order valence-corrected chi connectivity index (χ0v) is 18.4. The fraction of sp³-hybridized carbons (Fsp3) is 0.619. The summed E-state index contributed by atoms with van der Waals surface area (Å²) in [6, 6.07) is 10.4. The molecule has 1 saturated carbocycles. The van der Waals surface area contributed by atoms with Gasteiger partial charge in [0, 0.05) is 38.6 Å². The van der Waals surface area contributed by atoms with Crippen LogP contribution in [-0.2, 0) is 16.1 Å². The maximum Gasteiger partial charge on any atom is 0.242 e. The summed E-state index contributed by atoms with van der Waals surface area (Å²) in [6.45, 7) is 6.33. The van der Waals surface area contributed by atoms with Crippen LogP contribution in [0.4, 0.5) is 0 Å². The summed E-state index contributed by atoms with van der Waals surface area (Å²) >= 11 is 0. The van der Waals surface area contributed by atoms with Gasteiger partial charge in [0.05, 0.1) is 6.54 Å². The Morgan fingerprint density at radius 2 is 1.69 bits per heavy atom. The van der Waals surface area contributed by atoms with Gasteiger partial charge in [-0.15, -0.1) is 24.8 Å². The topological polar surface area (TPSA) is 64.7 Å². The number of nitrogens with zero attached hydrogens (tertiary/aromatic N) is 2. The highest BCUT2D eigenvalue weighted by Crippen LogP contribution is 2.58. The number of hydrogen-bond donors (Lipinski definition) is 2. The first-order valence-corrected chi connectivity index (χ1v) is 10.2. The molecular formula is C21H32Cl2N4O2. The molecule has 1 aromatic carbocycles. The standard InChI is InChI=1S/C21H30N4O2.2ClH/c26-19(15-23-20(27)18-14-21(18)6-8-22-9-7-21)25-12-10-24(11-13-25)16-17-4-2-1-3-5-17;;/h1-5,18,22H,6-16H2,(H,23,27);2*1H. The lowest BCUT2D eigenvalue weighted by atomic mass is 9.92. The first-order chi connectivity index (χ1) is 13.2. The molecule has 1 spiro atoms. The third-order valence-corrected chi connectivity index (χ3v) is 6.49. The highest BCUT2D eigenvalue weighted by atomic mass is 35.5. The summed E-state index contributed by atoms with van der Waals surface area (Å²) in [7, 11) is 0. The maximum absolute atomic E-state index is 12.5. The molecule has 1 atom stereocenters. The van der Waals surface area contributed by atoms with Gasteiger partial charge in [-0.25, -0.2) is 0 Å². The van der Waals surface area contributed by atoms with Crippen molar-refractivity contribution < 1.29 is 9.59 Å². The zero-order chi connectivity index (χ0) is 18.7. The number of rotatable bonds is 5. The lowest BCUT2D eigenvalue weighted by Crippen LogP contribution is -2.51. The number of amides is 2. The Morgan fingerprint density at radius 1 is 1.03 bits per heavy atom. The Balaban J connectivity index is 0.00000150. The number of nitrogens with one attached hydrogen (secondary N) is 2. The van der Waals surface area contributed by atoms with Crippen LogP contribution < -0.4 is 10.6 Å². The van der Waals surface area contributed by atoms with Gasteiger partial charge in [-0.3, -0.25) is 14.5 Å². The van der Waals surface area contributed by atoms with E-state index in [1.165, 1.54) is 5.56 Å². The SMILES string of the molecule is Cl.Cl.O=C(NCC(=O)N1CCN(Cc2ccccc2)CC1)C1CC12CCNCC2. The second-order valence-corrected chi connectivity index (χ2v) is 8.23. The van der Waals surface area contributed by atoms with E-state index >= 15 is 0 Å². The Kier molecular flexibility index (Phi) is 8.76. The molecule has 3 aliphatic rings. The van der Waals surface area contributed by atoms with Gasteiger partial charge in [-0.2, -0.15) is 0 Å². The second kappa shape index (κ2) is 10.6. The average molecular weight is 443 g/mol. The van der Waals surface area contributed by atoms with E-state index in [-0.39, 0.29) is 54.5 Å². The minimum absolute atomic E-state index is 0. The summed E-state index contributed by atoms with van der Waals surface area (Å²) in [6.07, 6.45) is 3.16. The molecule has 2 aliphatic heterocycles. The Morgan fingerprint density at radius 3 is 2.34 bits per heavy atom. The van der Waals surface area contributed by atoms with Gasteiger partial charge in [-0.05, 0) is 43.3 Å². The molecule has 0 bridgehead atoms.